The van der Waals surface area contributed by atoms with Gasteiger partial charge in [-0.05, 0) is 6.42 Å². The summed E-state index contributed by atoms with van der Waals surface area (Å²) in [6, 6.07) is 10.6. The number of unbranched alkanes of at least 4 members (excludes halogenated alkanes) is 6. The fourth-order valence-corrected chi connectivity index (χ4v) is 3.14. The van der Waals surface area contributed by atoms with Gasteiger partial charge in [0.2, 0.25) is 0 Å². The van der Waals surface area contributed by atoms with Crippen LogP contribution in [0.15, 0.2) is 30.3 Å². The first-order chi connectivity index (χ1) is 11.0. The molecule has 1 N–H and O–H groups in total. The van der Waals surface area contributed by atoms with E-state index in [1.54, 1.807) is 0 Å². The Bertz CT molecular complexity index is 388. The van der Waals surface area contributed by atoms with Crippen LogP contribution in [0.25, 0.3) is 0 Å². The summed E-state index contributed by atoms with van der Waals surface area (Å²) in [5.41, 5.74) is 1.37. The summed E-state index contributed by atoms with van der Waals surface area (Å²) in [6.07, 6.45) is 11.0. The zero-order chi connectivity index (χ0) is 17.0. The molecule has 0 spiro atoms. The van der Waals surface area contributed by atoms with Gasteiger partial charge in [-0.1, -0.05) is 82.2 Å². The van der Waals surface area contributed by atoms with Crippen LogP contribution in [0.3, 0.4) is 0 Å². The molecule has 23 heavy (non-hydrogen) atoms. The lowest BCUT2D eigenvalue weighted by atomic mass is 10.0. The van der Waals surface area contributed by atoms with Gasteiger partial charge < -0.3 is 9.59 Å². The van der Waals surface area contributed by atoms with E-state index >= 15 is 0 Å². The lowest BCUT2D eigenvalue weighted by molar-refractivity contribution is -0.904. The van der Waals surface area contributed by atoms with E-state index in [1.807, 2.05) is 0 Å². The van der Waals surface area contributed by atoms with Gasteiger partial charge in [0.05, 0.1) is 26.7 Å². The normalized spacial score (nSPS) is 13.2. The predicted octanol–water partition coefficient (Wildman–Crippen LogP) is 5.15. The van der Waals surface area contributed by atoms with Gasteiger partial charge in [0, 0.05) is 12.0 Å². The summed E-state index contributed by atoms with van der Waals surface area (Å²) in [5, 5.41) is 10.2. The van der Waals surface area contributed by atoms with Crippen LogP contribution in [0.4, 0.5) is 0 Å². The molecule has 0 aliphatic carbocycles. The molecule has 0 fully saturated rings. The molecule has 0 aromatic heterocycles. The zero-order valence-corrected chi connectivity index (χ0v) is 15.6. The van der Waals surface area contributed by atoms with Gasteiger partial charge in [-0.3, -0.25) is 0 Å². The summed E-state index contributed by atoms with van der Waals surface area (Å²) in [7, 11) is 4.51. The Morgan fingerprint density at radius 2 is 1.48 bits per heavy atom. The highest BCUT2D eigenvalue weighted by Crippen LogP contribution is 2.14. The molecule has 1 unspecified atom stereocenters. The third-order valence-corrected chi connectivity index (χ3v) is 4.66. The number of nitrogens with zero attached hydrogens (tertiary/aromatic N) is 1. The summed E-state index contributed by atoms with van der Waals surface area (Å²) in [6.45, 7) is 4.33. The van der Waals surface area contributed by atoms with E-state index in [2.05, 4.69) is 51.4 Å². The molecular formula is C21H38NO+. The van der Waals surface area contributed by atoms with E-state index in [0.29, 0.717) is 0 Å². The monoisotopic (exact) mass is 320 g/mol. The van der Waals surface area contributed by atoms with Crippen molar-refractivity contribution < 1.29 is 9.59 Å². The van der Waals surface area contributed by atoms with Gasteiger partial charge in [-0.2, -0.15) is 0 Å². The van der Waals surface area contributed by atoms with Crippen molar-refractivity contribution in [2.45, 2.75) is 77.4 Å². The predicted molar refractivity (Wildman–Crippen MR) is 100 cm³/mol. The van der Waals surface area contributed by atoms with Crippen LogP contribution >= 0.6 is 0 Å². The third kappa shape index (κ3) is 10.5. The molecule has 2 heteroatoms. The number of rotatable bonds is 13. The smallest absolute Gasteiger partial charge is 0.104 e. The van der Waals surface area contributed by atoms with Crippen molar-refractivity contribution in [2.24, 2.45) is 0 Å². The molecule has 1 aromatic rings. The summed E-state index contributed by atoms with van der Waals surface area (Å²) >= 11 is 0. The third-order valence-electron chi connectivity index (χ3n) is 4.66. The van der Waals surface area contributed by atoms with Crippen molar-refractivity contribution >= 4 is 0 Å². The molecule has 1 atom stereocenters. The van der Waals surface area contributed by atoms with Gasteiger partial charge in [0.15, 0.2) is 0 Å². The molecule has 1 rings (SSSR count). The van der Waals surface area contributed by atoms with Gasteiger partial charge in [-0.25, -0.2) is 0 Å². The minimum absolute atomic E-state index is 0.126. The maximum Gasteiger partial charge on any atom is 0.104 e. The van der Waals surface area contributed by atoms with Crippen molar-refractivity contribution in [1.29, 1.82) is 0 Å². The quantitative estimate of drug-likeness (QED) is 0.393. The van der Waals surface area contributed by atoms with Crippen molar-refractivity contribution in [3.63, 3.8) is 0 Å². The number of hydrogen-bond donors (Lipinski definition) is 1. The van der Waals surface area contributed by atoms with Crippen LogP contribution in [-0.4, -0.2) is 36.3 Å². The van der Waals surface area contributed by atoms with Crippen molar-refractivity contribution in [3.8, 4) is 0 Å². The average Bonchev–Trinajstić information content (AvgIpc) is 2.53. The van der Waals surface area contributed by atoms with Crippen molar-refractivity contribution in [3.05, 3.63) is 35.9 Å². The highest BCUT2D eigenvalue weighted by Gasteiger charge is 2.17. The Labute approximate surface area is 144 Å². The average molecular weight is 321 g/mol. The first kappa shape index (κ1) is 20.2. The molecule has 132 valence electrons. The standard InChI is InChI=1S/C21H38NO/c1-4-5-6-7-8-9-13-16-21(23)17-18-22(2,3)19-20-14-11-10-12-15-20/h10-12,14-15,21,23H,4-9,13,16-19H2,1-3H3/q+1. The molecule has 0 saturated heterocycles. The number of hydrogen-bond acceptors (Lipinski definition) is 1. The maximum atomic E-state index is 10.2. The second kappa shape index (κ2) is 11.6. The van der Waals surface area contributed by atoms with E-state index in [9.17, 15) is 5.11 Å². The van der Waals surface area contributed by atoms with Crippen molar-refractivity contribution in [1.82, 2.24) is 0 Å². The molecule has 0 aliphatic rings. The van der Waals surface area contributed by atoms with Crippen LogP contribution in [0, 0.1) is 0 Å². The number of aliphatic hydroxyl groups excluding tert-OH is 1. The van der Waals surface area contributed by atoms with Crippen molar-refractivity contribution in [2.75, 3.05) is 20.6 Å². The fourth-order valence-electron chi connectivity index (χ4n) is 3.14. The van der Waals surface area contributed by atoms with E-state index in [-0.39, 0.29) is 6.10 Å². The van der Waals surface area contributed by atoms with E-state index in [0.717, 1.165) is 30.4 Å². The van der Waals surface area contributed by atoms with E-state index < -0.39 is 0 Å². The van der Waals surface area contributed by atoms with Crippen LogP contribution in [0.2, 0.25) is 0 Å². The Morgan fingerprint density at radius 1 is 0.870 bits per heavy atom. The number of benzene rings is 1. The first-order valence-electron chi connectivity index (χ1n) is 9.57. The highest BCUT2D eigenvalue weighted by molar-refractivity contribution is 5.13. The largest absolute Gasteiger partial charge is 0.393 e. The second-order valence-electron chi connectivity index (χ2n) is 7.66. The molecule has 0 saturated carbocycles. The lowest BCUT2D eigenvalue weighted by Crippen LogP contribution is -2.40. The summed E-state index contributed by atoms with van der Waals surface area (Å²) in [4.78, 5) is 0. The van der Waals surface area contributed by atoms with Crippen LogP contribution < -0.4 is 0 Å². The maximum absolute atomic E-state index is 10.2. The molecule has 2 nitrogen and oxygen atoms in total. The van der Waals surface area contributed by atoms with Crippen LogP contribution in [-0.2, 0) is 6.54 Å². The molecular weight excluding hydrogens is 282 g/mol. The molecule has 0 amide bonds. The second-order valence-corrected chi connectivity index (χ2v) is 7.66. The van der Waals surface area contributed by atoms with Gasteiger partial charge in [0.1, 0.15) is 6.54 Å². The van der Waals surface area contributed by atoms with Gasteiger partial charge in [0.25, 0.3) is 0 Å². The number of quaternary nitrogens is 1. The Morgan fingerprint density at radius 3 is 2.13 bits per heavy atom. The molecule has 0 heterocycles. The SMILES string of the molecule is CCCCCCCCCC(O)CC[N+](C)(C)Cc1ccccc1. The van der Waals surface area contributed by atoms with E-state index in [1.165, 1.54) is 50.5 Å². The number of aliphatic hydroxyl groups is 1. The lowest BCUT2D eigenvalue weighted by Gasteiger charge is -2.30. The van der Waals surface area contributed by atoms with Gasteiger partial charge in [-0.15, -0.1) is 0 Å². The summed E-state index contributed by atoms with van der Waals surface area (Å²) in [5.74, 6) is 0. The summed E-state index contributed by atoms with van der Waals surface area (Å²) < 4.78 is 0.943. The Kier molecular flexibility index (Phi) is 10.2. The molecule has 0 radical (unpaired) electrons. The molecule has 0 bridgehead atoms. The first-order valence-corrected chi connectivity index (χ1v) is 9.57. The van der Waals surface area contributed by atoms with Crippen LogP contribution in [0.5, 0.6) is 0 Å². The minimum atomic E-state index is -0.126. The molecule has 1 aromatic carbocycles. The Balaban J connectivity index is 2.11. The minimum Gasteiger partial charge on any atom is -0.393 e. The van der Waals surface area contributed by atoms with Crippen LogP contribution in [0.1, 0.15) is 70.3 Å². The zero-order valence-electron chi connectivity index (χ0n) is 15.6. The Hall–Kier alpha value is -0.860. The van der Waals surface area contributed by atoms with Gasteiger partial charge >= 0.3 is 0 Å². The topological polar surface area (TPSA) is 20.2 Å². The highest BCUT2D eigenvalue weighted by atomic mass is 16.3. The molecule has 0 aliphatic heterocycles. The van der Waals surface area contributed by atoms with E-state index in [4.69, 9.17) is 0 Å². The fraction of sp³-hybridized carbons (Fsp3) is 0.714.